The highest BCUT2D eigenvalue weighted by Gasteiger charge is 2.23. The zero-order valence-corrected chi connectivity index (χ0v) is 14.3. The Balaban J connectivity index is 2.34. The number of hydrogen-bond donors (Lipinski definition) is 2. The first-order valence-corrected chi connectivity index (χ1v) is 8.14. The van der Waals surface area contributed by atoms with Crippen LogP contribution in [0.3, 0.4) is 0 Å². The molecule has 1 aromatic carbocycles. The molecule has 0 saturated heterocycles. The Labute approximate surface area is 142 Å². The van der Waals surface area contributed by atoms with Crippen LogP contribution in [-0.2, 0) is 12.8 Å². The van der Waals surface area contributed by atoms with E-state index in [1.165, 1.54) is 7.11 Å². The van der Waals surface area contributed by atoms with Crippen molar-refractivity contribution in [1.82, 2.24) is 4.98 Å². The second-order valence-corrected chi connectivity index (χ2v) is 6.35. The molecule has 0 unspecified atom stereocenters. The Morgan fingerprint density at radius 3 is 2.78 bits per heavy atom. The summed E-state index contributed by atoms with van der Waals surface area (Å²) in [4.78, 5) is 4.42. The van der Waals surface area contributed by atoms with Crippen molar-refractivity contribution in [3.63, 3.8) is 0 Å². The summed E-state index contributed by atoms with van der Waals surface area (Å²) in [7, 11) is 1.49. The predicted octanol–water partition coefficient (Wildman–Crippen LogP) is 3.56. The van der Waals surface area contributed by atoms with Gasteiger partial charge in [-0.2, -0.15) is 5.26 Å². The maximum absolute atomic E-state index is 10.0. The fraction of sp³-hybridized carbons (Fsp3) is 0.294. The van der Waals surface area contributed by atoms with E-state index in [4.69, 9.17) is 10.5 Å². The number of nitrogen functional groups attached to an aromatic ring is 1. The first-order chi connectivity index (χ1) is 11.1. The Bertz CT molecular complexity index is 828. The number of rotatable bonds is 2. The van der Waals surface area contributed by atoms with Crippen LogP contribution in [0.5, 0.6) is 11.5 Å². The van der Waals surface area contributed by atoms with E-state index >= 15 is 0 Å². The number of benzene rings is 1. The van der Waals surface area contributed by atoms with Crippen LogP contribution >= 0.6 is 15.9 Å². The standard InChI is InChI=1S/C17H16BrN3O2/c1-23-14-7-9(6-12(18)16(14)22)15-10-4-2-3-5-13(10)21-17(20)11(15)8-19/h6-7,22H,2-5H2,1H3,(H2,20,21). The van der Waals surface area contributed by atoms with Crippen molar-refractivity contribution >= 4 is 21.7 Å². The number of methoxy groups -OCH3 is 1. The molecular weight excluding hydrogens is 358 g/mol. The zero-order valence-electron chi connectivity index (χ0n) is 12.7. The van der Waals surface area contributed by atoms with Crippen LogP contribution in [0.15, 0.2) is 16.6 Å². The number of phenols is 1. The molecular formula is C17H16BrN3O2. The highest BCUT2D eigenvalue weighted by molar-refractivity contribution is 9.10. The van der Waals surface area contributed by atoms with Crippen LogP contribution in [0.2, 0.25) is 0 Å². The van der Waals surface area contributed by atoms with Crippen LogP contribution in [0, 0.1) is 11.3 Å². The molecule has 23 heavy (non-hydrogen) atoms. The van der Waals surface area contributed by atoms with Gasteiger partial charge in [-0.05, 0) is 64.9 Å². The highest BCUT2D eigenvalue weighted by Crippen LogP contribution is 2.42. The number of nitrogens with two attached hydrogens (primary N) is 1. The molecule has 1 heterocycles. The monoisotopic (exact) mass is 373 g/mol. The lowest BCUT2D eigenvalue weighted by Gasteiger charge is -2.21. The van der Waals surface area contributed by atoms with Crippen LogP contribution in [0.25, 0.3) is 11.1 Å². The minimum Gasteiger partial charge on any atom is -0.503 e. The molecule has 0 radical (unpaired) electrons. The quantitative estimate of drug-likeness (QED) is 0.839. The largest absolute Gasteiger partial charge is 0.503 e. The number of aryl methyl sites for hydroxylation is 1. The number of aromatic nitrogens is 1. The van der Waals surface area contributed by atoms with Gasteiger partial charge in [-0.15, -0.1) is 0 Å². The lowest BCUT2D eigenvalue weighted by atomic mass is 9.86. The Hall–Kier alpha value is -2.26. The summed E-state index contributed by atoms with van der Waals surface area (Å²) < 4.78 is 5.74. The number of halogens is 1. The smallest absolute Gasteiger partial charge is 0.172 e. The third-order valence-electron chi connectivity index (χ3n) is 4.15. The third kappa shape index (κ3) is 2.62. The summed E-state index contributed by atoms with van der Waals surface area (Å²) in [6, 6.07) is 5.68. The van der Waals surface area contributed by atoms with Crippen molar-refractivity contribution in [3.8, 4) is 28.7 Å². The van der Waals surface area contributed by atoms with Gasteiger partial charge in [0.1, 0.15) is 17.5 Å². The normalized spacial score (nSPS) is 13.3. The lowest BCUT2D eigenvalue weighted by Crippen LogP contribution is -2.11. The Morgan fingerprint density at radius 1 is 1.35 bits per heavy atom. The number of anilines is 1. The second-order valence-electron chi connectivity index (χ2n) is 5.50. The van der Waals surface area contributed by atoms with Gasteiger partial charge in [0.15, 0.2) is 11.5 Å². The summed E-state index contributed by atoms with van der Waals surface area (Å²) in [6.45, 7) is 0. The molecule has 1 aliphatic rings. The average molecular weight is 374 g/mol. The van der Waals surface area contributed by atoms with E-state index in [1.807, 2.05) is 0 Å². The predicted molar refractivity (Wildman–Crippen MR) is 91.4 cm³/mol. The van der Waals surface area contributed by atoms with Gasteiger partial charge in [-0.3, -0.25) is 0 Å². The number of pyridine rings is 1. The van der Waals surface area contributed by atoms with Crippen molar-refractivity contribution in [3.05, 3.63) is 33.4 Å². The maximum atomic E-state index is 10.0. The van der Waals surface area contributed by atoms with Gasteiger partial charge in [0.2, 0.25) is 0 Å². The summed E-state index contributed by atoms with van der Waals surface area (Å²) in [6.07, 6.45) is 3.88. The molecule has 0 bridgehead atoms. The van der Waals surface area contributed by atoms with Gasteiger partial charge in [0.25, 0.3) is 0 Å². The van der Waals surface area contributed by atoms with Crippen molar-refractivity contribution in [2.45, 2.75) is 25.7 Å². The molecule has 5 nitrogen and oxygen atoms in total. The van der Waals surface area contributed by atoms with E-state index in [0.717, 1.165) is 48.1 Å². The number of nitrogens with zero attached hydrogens (tertiary/aromatic N) is 2. The lowest BCUT2D eigenvalue weighted by molar-refractivity contribution is 0.372. The number of ether oxygens (including phenoxy) is 1. The highest BCUT2D eigenvalue weighted by atomic mass is 79.9. The second kappa shape index (κ2) is 6.09. The number of hydrogen-bond acceptors (Lipinski definition) is 5. The molecule has 0 amide bonds. The van der Waals surface area contributed by atoms with E-state index in [2.05, 4.69) is 27.0 Å². The van der Waals surface area contributed by atoms with E-state index in [-0.39, 0.29) is 11.6 Å². The molecule has 3 rings (SSSR count). The van der Waals surface area contributed by atoms with Crippen molar-refractivity contribution < 1.29 is 9.84 Å². The minimum absolute atomic E-state index is 0.0330. The molecule has 2 aromatic rings. The first kappa shape index (κ1) is 15.6. The zero-order chi connectivity index (χ0) is 16.6. The molecule has 0 saturated carbocycles. The SMILES string of the molecule is COc1cc(-c2c(C#N)c(N)nc3c2CCCC3)cc(Br)c1O. The fourth-order valence-electron chi connectivity index (χ4n) is 3.07. The van der Waals surface area contributed by atoms with Crippen molar-refractivity contribution in [1.29, 1.82) is 5.26 Å². The van der Waals surface area contributed by atoms with Crippen molar-refractivity contribution in [2.75, 3.05) is 12.8 Å². The van der Waals surface area contributed by atoms with Crippen molar-refractivity contribution in [2.24, 2.45) is 0 Å². The molecule has 0 atom stereocenters. The fourth-order valence-corrected chi connectivity index (χ4v) is 3.51. The Kier molecular flexibility index (Phi) is 4.14. The molecule has 118 valence electrons. The molecule has 0 fully saturated rings. The molecule has 0 aliphatic heterocycles. The van der Waals surface area contributed by atoms with E-state index in [9.17, 15) is 10.4 Å². The van der Waals surface area contributed by atoms with Gasteiger partial charge >= 0.3 is 0 Å². The number of phenolic OH excluding ortho intramolecular Hbond substituents is 1. The first-order valence-electron chi connectivity index (χ1n) is 7.35. The molecule has 1 aromatic heterocycles. The average Bonchev–Trinajstić information content (AvgIpc) is 2.56. The van der Waals surface area contributed by atoms with Crippen LogP contribution < -0.4 is 10.5 Å². The van der Waals surface area contributed by atoms with Gasteiger partial charge in [-0.25, -0.2) is 4.98 Å². The summed E-state index contributed by atoms with van der Waals surface area (Å²) in [5.41, 5.74) is 10.0. The topological polar surface area (TPSA) is 92.2 Å². The number of fused-ring (bicyclic) bond motifs is 1. The summed E-state index contributed by atoms with van der Waals surface area (Å²) in [5, 5.41) is 19.6. The molecule has 0 spiro atoms. The molecule has 3 N–H and O–H groups in total. The van der Waals surface area contributed by atoms with Gasteiger partial charge < -0.3 is 15.6 Å². The van der Waals surface area contributed by atoms with E-state index in [1.54, 1.807) is 12.1 Å². The van der Waals surface area contributed by atoms with Crippen LogP contribution in [-0.4, -0.2) is 17.2 Å². The van der Waals surface area contributed by atoms with E-state index < -0.39 is 0 Å². The number of nitriles is 1. The van der Waals surface area contributed by atoms with Gasteiger partial charge in [0, 0.05) is 11.3 Å². The molecule has 1 aliphatic carbocycles. The van der Waals surface area contributed by atoms with Crippen LogP contribution in [0.4, 0.5) is 5.82 Å². The molecule has 6 heteroatoms. The maximum Gasteiger partial charge on any atom is 0.172 e. The summed E-state index contributed by atoms with van der Waals surface area (Å²) >= 11 is 3.34. The van der Waals surface area contributed by atoms with Crippen LogP contribution in [0.1, 0.15) is 29.7 Å². The van der Waals surface area contributed by atoms with Gasteiger partial charge in [-0.1, -0.05) is 0 Å². The summed E-state index contributed by atoms with van der Waals surface area (Å²) in [5.74, 6) is 0.634. The Morgan fingerprint density at radius 2 is 2.09 bits per heavy atom. The third-order valence-corrected chi connectivity index (χ3v) is 4.76. The van der Waals surface area contributed by atoms with E-state index in [0.29, 0.717) is 15.8 Å². The minimum atomic E-state index is 0.0330. The number of aromatic hydroxyl groups is 1. The van der Waals surface area contributed by atoms with Gasteiger partial charge in [0.05, 0.1) is 11.6 Å².